The molecule has 0 radical (unpaired) electrons. The van der Waals surface area contributed by atoms with Gasteiger partial charge >= 0.3 is 5.97 Å². The molecule has 3 rings (SSSR count). The van der Waals surface area contributed by atoms with Gasteiger partial charge in [-0.3, -0.25) is 4.79 Å². The van der Waals surface area contributed by atoms with E-state index < -0.39 is 28.5 Å². The van der Waals surface area contributed by atoms with Gasteiger partial charge in [-0.15, -0.1) is 0 Å². The van der Waals surface area contributed by atoms with Crippen LogP contribution in [0.3, 0.4) is 0 Å². The van der Waals surface area contributed by atoms with Crippen LogP contribution in [0.25, 0.3) is 0 Å². The van der Waals surface area contributed by atoms with E-state index in [1.165, 1.54) is 28.6 Å². The predicted molar refractivity (Wildman–Crippen MR) is 123 cm³/mol. The van der Waals surface area contributed by atoms with Gasteiger partial charge in [0.25, 0.3) is 5.91 Å². The van der Waals surface area contributed by atoms with E-state index in [0.717, 1.165) is 18.0 Å². The van der Waals surface area contributed by atoms with Crippen molar-refractivity contribution < 1.29 is 22.7 Å². The topological polar surface area (TPSA) is 118 Å². The van der Waals surface area contributed by atoms with Crippen molar-refractivity contribution in [3.05, 3.63) is 35.5 Å². The lowest BCUT2D eigenvalue weighted by molar-refractivity contribution is -0.119. The molecule has 32 heavy (non-hydrogen) atoms. The number of aryl methyl sites for hydroxylation is 1. The predicted octanol–water partition coefficient (Wildman–Crippen LogP) is 2.96. The maximum atomic E-state index is 13.0. The van der Waals surface area contributed by atoms with Gasteiger partial charge in [-0.05, 0) is 61.0 Å². The molecule has 0 aliphatic carbocycles. The Morgan fingerprint density at radius 3 is 2.41 bits per heavy atom. The smallest absolute Gasteiger partial charge is 0.343 e. The molecule has 1 aromatic heterocycles. The van der Waals surface area contributed by atoms with Crippen LogP contribution in [0.4, 0.5) is 10.7 Å². The molecule has 1 saturated heterocycles. The van der Waals surface area contributed by atoms with E-state index in [1.54, 1.807) is 14.0 Å². The second-order valence-electron chi connectivity index (χ2n) is 8.14. The minimum absolute atomic E-state index is 0.184. The number of hydrogen-bond donors (Lipinski definition) is 2. The average molecular weight is 481 g/mol. The Bertz CT molecular complexity index is 1070. The summed E-state index contributed by atoms with van der Waals surface area (Å²) in [6.07, 6.45) is 1.01. The number of carbonyl (C=O) groups excluding carboxylic acids is 2. The Balaban J connectivity index is 1.59. The van der Waals surface area contributed by atoms with Gasteiger partial charge < -0.3 is 15.4 Å². The zero-order valence-corrected chi connectivity index (χ0v) is 20.2. The maximum Gasteiger partial charge on any atom is 0.343 e. The van der Waals surface area contributed by atoms with Gasteiger partial charge in [-0.25, -0.2) is 13.2 Å². The van der Waals surface area contributed by atoms with Crippen molar-refractivity contribution in [1.82, 2.24) is 8.68 Å². The van der Waals surface area contributed by atoms with E-state index in [0.29, 0.717) is 46.9 Å². The number of sulfonamides is 1. The summed E-state index contributed by atoms with van der Waals surface area (Å²) in [5.41, 5.74) is 1.25. The number of nitrogens with one attached hydrogen (secondary N) is 2. The molecule has 174 valence electrons. The average Bonchev–Trinajstić information content (AvgIpc) is 3.12. The van der Waals surface area contributed by atoms with Gasteiger partial charge in [0.2, 0.25) is 10.0 Å². The fraction of sp³-hybridized carbons (Fsp3) is 0.476. The molecule has 1 aliphatic rings. The molecule has 1 amide bonds. The zero-order chi connectivity index (χ0) is 23.5. The molecule has 11 heteroatoms. The number of piperidine rings is 1. The number of amides is 1. The van der Waals surface area contributed by atoms with Gasteiger partial charge in [0.15, 0.2) is 6.61 Å². The molecule has 0 spiro atoms. The number of ether oxygens (including phenoxy) is 1. The number of benzene rings is 1. The molecule has 0 bridgehead atoms. The van der Waals surface area contributed by atoms with E-state index >= 15 is 0 Å². The highest BCUT2D eigenvalue weighted by molar-refractivity contribution is 7.89. The van der Waals surface area contributed by atoms with Gasteiger partial charge in [-0.2, -0.15) is 8.68 Å². The van der Waals surface area contributed by atoms with Crippen molar-refractivity contribution in [2.24, 2.45) is 11.8 Å². The summed E-state index contributed by atoms with van der Waals surface area (Å²) in [6, 6.07) is 5.99. The van der Waals surface area contributed by atoms with Crippen LogP contribution in [-0.4, -0.2) is 55.7 Å². The molecule has 1 aliphatic heterocycles. The van der Waals surface area contributed by atoms with Crippen LogP contribution in [0.5, 0.6) is 0 Å². The fourth-order valence-corrected chi connectivity index (χ4v) is 6.26. The first kappa shape index (κ1) is 24.1. The molecular formula is C21H28N4O5S2. The van der Waals surface area contributed by atoms with Crippen LogP contribution < -0.4 is 10.6 Å². The lowest BCUT2D eigenvalue weighted by atomic mass is 9.94. The third-order valence-corrected chi connectivity index (χ3v) is 8.04. The Labute approximate surface area is 192 Å². The minimum atomic E-state index is -3.59. The third kappa shape index (κ3) is 5.45. The van der Waals surface area contributed by atoms with Crippen molar-refractivity contribution in [2.45, 2.75) is 32.1 Å². The van der Waals surface area contributed by atoms with E-state index in [2.05, 4.69) is 28.9 Å². The maximum absolute atomic E-state index is 13.0. The number of esters is 1. The molecule has 2 N–H and O–H groups in total. The first-order valence-corrected chi connectivity index (χ1v) is 12.5. The van der Waals surface area contributed by atoms with E-state index in [-0.39, 0.29) is 4.90 Å². The first-order chi connectivity index (χ1) is 15.1. The second kappa shape index (κ2) is 9.97. The molecule has 0 saturated carbocycles. The Morgan fingerprint density at radius 1 is 1.19 bits per heavy atom. The molecule has 2 heterocycles. The highest BCUT2D eigenvalue weighted by Gasteiger charge is 2.31. The summed E-state index contributed by atoms with van der Waals surface area (Å²) in [7, 11) is -1.92. The largest absolute Gasteiger partial charge is 0.452 e. The standard InChI is InChI=1S/C21H28N4O5S2/c1-13-9-14(2)11-25(10-13)32(28,29)17-7-5-16(6-8-17)23-18(26)12-30-21(27)19-15(3)24-31-20(19)22-4/h5-8,13-14,22H,9-12H2,1-4H3,(H,23,26). The van der Waals surface area contributed by atoms with Gasteiger partial charge in [0.05, 0.1) is 10.6 Å². The molecule has 2 unspecified atom stereocenters. The zero-order valence-electron chi connectivity index (χ0n) is 18.5. The van der Waals surface area contributed by atoms with Crippen molar-refractivity contribution in [3.8, 4) is 0 Å². The van der Waals surface area contributed by atoms with Gasteiger partial charge in [0.1, 0.15) is 10.6 Å². The third-order valence-electron chi connectivity index (χ3n) is 5.24. The molecule has 9 nitrogen and oxygen atoms in total. The molecule has 1 aromatic carbocycles. The van der Waals surface area contributed by atoms with Crippen LogP contribution in [0.2, 0.25) is 0 Å². The van der Waals surface area contributed by atoms with E-state index in [9.17, 15) is 18.0 Å². The summed E-state index contributed by atoms with van der Waals surface area (Å²) in [5, 5.41) is 6.05. The number of rotatable bonds is 7. The minimum Gasteiger partial charge on any atom is -0.452 e. The van der Waals surface area contributed by atoms with E-state index in [4.69, 9.17) is 4.74 Å². The summed E-state index contributed by atoms with van der Waals surface area (Å²) < 4.78 is 36.6. The highest BCUT2D eigenvalue weighted by Crippen LogP contribution is 2.27. The Morgan fingerprint density at radius 2 is 1.81 bits per heavy atom. The van der Waals surface area contributed by atoms with Crippen molar-refractivity contribution in [2.75, 3.05) is 37.4 Å². The van der Waals surface area contributed by atoms with Crippen LogP contribution in [0.1, 0.15) is 36.3 Å². The monoisotopic (exact) mass is 480 g/mol. The van der Waals surface area contributed by atoms with Crippen molar-refractivity contribution in [1.29, 1.82) is 0 Å². The van der Waals surface area contributed by atoms with Crippen molar-refractivity contribution in [3.63, 3.8) is 0 Å². The summed E-state index contributed by atoms with van der Waals surface area (Å²) >= 11 is 1.14. The highest BCUT2D eigenvalue weighted by atomic mass is 32.2. The normalized spacial score (nSPS) is 19.4. The SMILES string of the molecule is CNc1snc(C)c1C(=O)OCC(=O)Nc1ccc(S(=O)(=O)N2CC(C)CC(C)C2)cc1. The quantitative estimate of drug-likeness (QED) is 0.585. The van der Waals surface area contributed by atoms with Crippen molar-refractivity contribution >= 4 is 44.1 Å². The second-order valence-corrected chi connectivity index (χ2v) is 10.9. The molecule has 1 fully saturated rings. The lowest BCUT2D eigenvalue weighted by Crippen LogP contribution is -2.42. The fourth-order valence-electron chi connectivity index (χ4n) is 3.84. The Hall–Kier alpha value is -2.50. The van der Waals surface area contributed by atoms with Gasteiger partial charge in [-0.1, -0.05) is 13.8 Å². The number of carbonyl (C=O) groups is 2. The van der Waals surface area contributed by atoms with Gasteiger partial charge in [0, 0.05) is 25.8 Å². The molecule has 2 atom stereocenters. The summed E-state index contributed by atoms with van der Waals surface area (Å²) in [5.74, 6) is -0.540. The number of aromatic nitrogens is 1. The Kier molecular flexibility index (Phi) is 7.52. The molecular weight excluding hydrogens is 452 g/mol. The number of anilines is 2. The van der Waals surface area contributed by atoms with Crippen LogP contribution >= 0.6 is 11.5 Å². The number of nitrogens with zero attached hydrogens (tertiary/aromatic N) is 2. The lowest BCUT2D eigenvalue weighted by Gasteiger charge is -2.34. The van der Waals surface area contributed by atoms with Crippen LogP contribution in [-0.2, 0) is 19.6 Å². The molecule has 2 aromatic rings. The summed E-state index contributed by atoms with van der Waals surface area (Å²) in [6.45, 7) is 6.34. The summed E-state index contributed by atoms with van der Waals surface area (Å²) in [4.78, 5) is 24.6. The first-order valence-electron chi connectivity index (χ1n) is 10.3. The van der Waals surface area contributed by atoms with Crippen LogP contribution in [0.15, 0.2) is 29.2 Å². The van der Waals surface area contributed by atoms with E-state index in [1.807, 2.05) is 0 Å². The number of hydrogen-bond acceptors (Lipinski definition) is 8. The van der Waals surface area contributed by atoms with Crippen LogP contribution in [0, 0.1) is 18.8 Å².